The van der Waals surface area contributed by atoms with Gasteiger partial charge in [0.1, 0.15) is 11.5 Å². The molecule has 0 saturated carbocycles. The first-order valence-electron chi connectivity index (χ1n) is 6.25. The average molecular weight is 232 g/mol. The highest BCUT2D eigenvalue weighted by Gasteiger charge is 2.17. The zero-order chi connectivity index (χ0) is 12.3. The van der Waals surface area contributed by atoms with Crippen LogP contribution in [0.25, 0.3) is 0 Å². The average Bonchev–Trinajstić information content (AvgIpc) is 2.54. The number of nitrogens with two attached hydrogens (primary N) is 1. The first-order chi connectivity index (χ1) is 8.18. The van der Waals surface area contributed by atoms with E-state index in [0.717, 1.165) is 12.2 Å². The Morgan fingerprint density at radius 3 is 3.06 bits per heavy atom. The first kappa shape index (κ1) is 11.9. The van der Waals surface area contributed by atoms with Gasteiger partial charge < -0.3 is 10.6 Å². The molecule has 0 radical (unpaired) electrons. The van der Waals surface area contributed by atoms with Gasteiger partial charge in [0, 0.05) is 24.5 Å². The second-order valence-corrected chi connectivity index (χ2v) is 4.70. The predicted molar refractivity (Wildman–Crippen MR) is 70.5 cm³/mol. The summed E-state index contributed by atoms with van der Waals surface area (Å²) >= 11 is 0. The van der Waals surface area contributed by atoms with Gasteiger partial charge in [0.25, 0.3) is 0 Å². The Bertz CT molecular complexity index is 402. The van der Waals surface area contributed by atoms with Gasteiger partial charge in [0.05, 0.1) is 0 Å². The molecular formula is C13H20N4. The molecule has 1 atom stereocenters. The first-order valence-corrected chi connectivity index (χ1v) is 6.25. The van der Waals surface area contributed by atoms with Crippen molar-refractivity contribution in [2.24, 2.45) is 5.73 Å². The van der Waals surface area contributed by atoms with Crippen molar-refractivity contribution in [1.29, 1.82) is 5.41 Å². The summed E-state index contributed by atoms with van der Waals surface area (Å²) in [7, 11) is 0. The number of amidine groups is 1. The van der Waals surface area contributed by atoms with Crippen molar-refractivity contribution in [3.63, 3.8) is 0 Å². The van der Waals surface area contributed by atoms with E-state index in [9.17, 15) is 0 Å². The summed E-state index contributed by atoms with van der Waals surface area (Å²) < 4.78 is 0. The third-order valence-electron chi connectivity index (χ3n) is 3.40. The normalized spacial score (nSPS) is 21.0. The van der Waals surface area contributed by atoms with E-state index in [-0.39, 0.29) is 5.84 Å². The van der Waals surface area contributed by atoms with Crippen LogP contribution in [0.15, 0.2) is 18.3 Å². The minimum absolute atomic E-state index is 0.0364. The van der Waals surface area contributed by atoms with Crippen molar-refractivity contribution in [3.8, 4) is 0 Å². The monoisotopic (exact) mass is 232 g/mol. The van der Waals surface area contributed by atoms with E-state index in [4.69, 9.17) is 11.1 Å². The van der Waals surface area contributed by atoms with Gasteiger partial charge in [-0.05, 0) is 31.9 Å². The van der Waals surface area contributed by atoms with Crippen molar-refractivity contribution in [2.45, 2.75) is 38.6 Å². The van der Waals surface area contributed by atoms with Crippen LogP contribution < -0.4 is 10.6 Å². The van der Waals surface area contributed by atoms with Crippen LogP contribution in [0.5, 0.6) is 0 Å². The van der Waals surface area contributed by atoms with Gasteiger partial charge in [-0.15, -0.1) is 0 Å². The van der Waals surface area contributed by atoms with Crippen LogP contribution in [0.3, 0.4) is 0 Å². The summed E-state index contributed by atoms with van der Waals surface area (Å²) in [5.74, 6) is 0.0364. The quantitative estimate of drug-likeness (QED) is 0.606. The van der Waals surface area contributed by atoms with Gasteiger partial charge in [-0.3, -0.25) is 10.4 Å². The molecule has 17 heavy (non-hydrogen) atoms. The second kappa shape index (κ2) is 5.17. The molecule has 2 rings (SSSR count). The van der Waals surface area contributed by atoms with Crippen LogP contribution in [0.1, 0.15) is 38.3 Å². The van der Waals surface area contributed by atoms with Gasteiger partial charge in [0.2, 0.25) is 0 Å². The molecule has 1 fully saturated rings. The Morgan fingerprint density at radius 1 is 1.47 bits per heavy atom. The van der Waals surface area contributed by atoms with Crippen molar-refractivity contribution < 1.29 is 0 Å². The van der Waals surface area contributed by atoms with Gasteiger partial charge in [-0.2, -0.15) is 0 Å². The molecule has 1 aliphatic rings. The fourth-order valence-electron chi connectivity index (χ4n) is 2.40. The highest BCUT2D eigenvalue weighted by molar-refractivity contribution is 5.93. The number of hydrogen-bond acceptors (Lipinski definition) is 3. The summed E-state index contributed by atoms with van der Waals surface area (Å²) in [5.41, 5.74) is 7.19. The highest BCUT2D eigenvalue weighted by Crippen LogP contribution is 2.23. The maximum Gasteiger partial charge on any atom is 0.141 e. The van der Waals surface area contributed by atoms with E-state index in [2.05, 4.69) is 16.8 Å². The Hall–Kier alpha value is -1.58. The van der Waals surface area contributed by atoms with Crippen molar-refractivity contribution in [3.05, 3.63) is 24.0 Å². The number of hydrogen-bond donors (Lipinski definition) is 2. The number of nitrogen functional groups attached to an aromatic ring is 1. The molecule has 1 aliphatic heterocycles. The minimum atomic E-state index is 0.0364. The van der Waals surface area contributed by atoms with Crippen LogP contribution >= 0.6 is 0 Å². The van der Waals surface area contributed by atoms with Crippen molar-refractivity contribution in [2.75, 3.05) is 11.4 Å². The molecule has 1 unspecified atom stereocenters. The second-order valence-electron chi connectivity index (χ2n) is 4.70. The van der Waals surface area contributed by atoms with Crippen LogP contribution in [-0.4, -0.2) is 23.4 Å². The van der Waals surface area contributed by atoms with Gasteiger partial charge in [-0.25, -0.2) is 0 Å². The van der Waals surface area contributed by atoms with E-state index >= 15 is 0 Å². The van der Waals surface area contributed by atoms with E-state index in [1.54, 1.807) is 6.20 Å². The number of nitrogens with zero attached hydrogens (tertiary/aromatic N) is 2. The standard InChI is InChI=1S/C13H20N4/c1-10-5-3-2-4-8-17(10)11-6-7-16-12(9-11)13(14)15/h6-7,9-10H,2-5,8H2,1H3,(H3,14,15). The summed E-state index contributed by atoms with van der Waals surface area (Å²) in [5, 5.41) is 7.44. The lowest BCUT2D eigenvalue weighted by Crippen LogP contribution is -2.32. The molecule has 0 bridgehead atoms. The molecule has 1 aromatic heterocycles. The van der Waals surface area contributed by atoms with Crippen LogP contribution in [0, 0.1) is 5.41 Å². The molecule has 4 nitrogen and oxygen atoms in total. The fourth-order valence-corrected chi connectivity index (χ4v) is 2.40. The van der Waals surface area contributed by atoms with E-state index in [1.807, 2.05) is 12.1 Å². The van der Waals surface area contributed by atoms with Gasteiger partial charge >= 0.3 is 0 Å². The molecule has 0 aromatic carbocycles. The summed E-state index contributed by atoms with van der Waals surface area (Å²) in [6.07, 6.45) is 6.83. The summed E-state index contributed by atoms with van der Waals surface area (Å²) in [6, 6.07) is 4.48. The maximum absolute atomic E-state index is 7.44. The Labute approximate surface area is 102 Å². The number of anilines is 1. The molecule has 4 heteroatoms. The number of rotatable bonds is 2. The number of aromatic nitrogens is 1. The molecule has 0 spiro atoms. The molecular weight excluding hydrogens is 212 g/mol. The minimum Gasteiger partial charge on any atom is -0.382 e. The zero-order valence-corrected chi connectivity index (χ0v) is 10.3. The number of nitrogens with one attached hydrogen (secondary N) is 1. The van der Waals surface area contributed by atoms with E-state index in [0.29, 0.717) is 11.7 Å². The third-order valence-corrected chi connectivity index (χ3v) is 3.40. The molecule has 3 N–H and O–H groups in total. The highest BCUT2D eigenvalue weighted by atomic mass is 15.2. The van der Waals surface area contributed by atoms with Gasteiger partial charge in [-0.1, -0.05) is 12.8 Å². The Morgan fingerprint density at radius 2 is 2.29 bits per heavy atom. The topological polar surface area (TPSA) is 66.0 Å². The van der Waals surface area contributed by atoms with Crippen molar-refractivity contribution in [1.82, 2.24) is 4.98 Å². The molecule has 2 heterocycles. The lowest BCUT2D eigenvalue weighted by molar-refractivity contribution is 0.616. The SMILES string of the molecule is CC1CCCCCN1c1ccnc(C(=N)N)c1. The molecule has 0 aliphatic carbocycles. The summed E-state index contributed by atoms with van der Waals surface area (Å²) in [4.78, 5) is 6.51. The smallest absolute Gasteiger partial charge is 0.141 e. The lowest BCUT2D eigenvalue weighted by atomic mass is 10.1. The fraction of sp³-hybridized carbons (Fsp3) is 0.538. The zero-order valence-electron chi connectivity index (χ0n) is 10.3. The van der Waals surface area contributed by atoms with Crippen LogP contribution in [0.2, 0.25) is 0 Å². The van der Waals surface area contributed by atoms with Gasteiger partial charge in [0.15, 0.2) is 0 Å². The molecule has 1 saturated heterocycles. The van der Waals surface area contributed by atoms with E-state index < -0.39 is 0 Å². The molecule has 0 amide bonds. The Kier molecular flexibility index (Phi) is 3.61. The number of pyridine rings is 1. The van der Waals surface area contributed by atoms with Crippen molar-refractivity contribution >= 4 is 11.5 Å². The predicted octanol–water partition coefficient (Wildman–Crippen LogP) is 2.13. The lowest BCUT2D eigenvalue weighted by Gasteiger charge is -2.29. The Balaban J connectivity index is 2.25. The van der Waals surface area contributed by atoms with Crippen LogP contribution in [0.4, 0.5) is 5.69 Å². The third kappa shape index (κ3) is 2.75. The van der Waals surface area contributed by atoms with E-state index in [1.165, 1.54) is 25.7 Å². The molecule has 1 aromatic rings. The maximum atomic E-state index is 7.44. The summed E-state index contributed by atoms with van der Waals surface area (Å²) in [6.45, 7) is 3.35. The van der Waals surface area contributed by atoms with Crippen LogP contribution in [-0.2, 0) is 0 Å². The molecule has 92 valence electrons. The largest absolute Gasteiger partial charge is 0.382 e.